The highest BCUT2D eigenvalue weighted by Gasteiger charge is 2.12. The lowest BCUT2D eigenvalue weighted by atomic mass is 10.3. The number of hydrogen-bond donors (Lipinski definition) is 2. The number of hydrogen-bond acceptors (Lipinski definition) is 13. The highest BCUT2D eigenvalue weighted by molar-refractivity contribution is 7.99. The average molecular weight is 722 g/mol. The zero-order valence-corrected chi connectivity index (χ0v) is 30.9. The number of carbonyl (C=O) groups is 2. The van der Waals surface area contributed by atoms with E-state index in [4.69, 9.17) is 17.0 Å². The van der Waals surface area contributed by atoms with Crippen LogP contribution in [0.2, 0.25) is 0 Å². The van der Waals surface area contributed by atoms with Gasteiger partial charge in [-0.2, -0.15) is 0 Å². The van der Waals surface area contributed by atoms with Gasteiger partial charge in [0, 0.05) is 57.9 Å². The molecule has 0 spiro atoms. The number of carbonyl (C=O) groups excluding carboxylic acids is 2. The van der Waals surface area contributed by atoms with E-state index in [9.17, 15) is 14.4 Å². The molecule has 0 amide bonds. The molecule has 0 aliphatic carbocycles. The van der Waals surface area contributed by atoms with E-state index < -0.39 is 5.97 Å². The molecule has 0 saturated carbocycles. The van der Waals surface area contributed by atoms with Crippen LogP contribution >= 0.6 is 35.7 Å². The second-order valence-corrected chi connectivity index (χ2v) is 12.9. The number of aromatic amines is 2. The molecule has 0 fully saturated rings. The molecular weight excluding hydrogens is 683 g/mol. The Hall–Kier alpha value is -4.54. The summed E-state index contributed by atoms with van der Waals surface area (Å²) in [5.74, 6) is 0.691. The highest BCUT2D eigenvalue weighted by atomic mass is 32.2. The van der Waals surface area contributed by atoms with Gasteiger partial charge in [-0.25, -0.2) is 34.6 Å². The van der Waals surface area contributed by atoms with E-state index in [-0.39, 0.29) is 23.5 Å². The van der Waals surface area contributed by atoms with E-state index in [1.54, 1.807) is 25.3 Å². The molecule has 5 aromatic heterocycles. The maximum Gasteiger partial charge on any atom is 0.313 e. The van der Waals surface area contributed by atoms with Crippen LogP contribution in [0.5, 0.6) is 0 Å². The predicted octanol–water partition coefficient (Wildman–Crippen LogP) is 5.72. The SMILES string of the molecule is CCOC(=O)CC(=O)CSc1nc(C)cc(C)n1.Cc1cc(C)[nH]c(=S)n1.Cc1cc(C)nc(SCc2cc(=O)n(-c3ccccn3)[nH]2)n1. The molecule has 0 bridgehead atoms. The number of thioether (sulfide) groups is 2. The van der Waals surface area contributed by atoms with E-state index in [1.165, 1.54) is 28.2 Å². The minimum atomic E-state index is -0.482. The highest BCUT2D eigenvalue weighted by Crippen LogP contribution is 2.18. The maximum absolute atomic E-state index is 12.0. The van der Waals surface area contributed by atoms with Gasteiger partial charge in [0.2, 0.25) is 0 Å². The third kappa shape index (κ3) is 14.2. The number of ether oxygens (including phenoxy) is 1. The number of nitrogens with one attached hydrogen (secondary N) is 2. The van der Waals surface area contributed by atoms with Gasteiger partial charge in [-0.3, -0.25) is 19.5 Å². The number of aryl methyl sites for hydroxylation is 6. The van der Waals surface area contributed by atoms with Gasteiger partial charge in [0.25, 0.3) is 5.56 Å². The molecule has 258 valence electrons. The molecule has 0 aromatic carbocycles. The van der Waals surface area contributed by atoms with Crippen LogP contribution in [0.15, 0.2) is 63.8 Å². The molecule has 49 heavy (non-hydrogen) atoms. The fraction of sp³-hybridized carbons (Fsp3) is 0.333. The van der Waals surface area contributed by atoms with Crippen LogP contribution in [0.1, 0.15) is 53.2 Å². The van der Waals surface area contributed by atoms with Crippen molar-refractivity contribution >= 4 is 47.5 Å². The number of ketones is 1. The van der Waals surface area contributed by atoms with Gasteiger partial charge in [0.05, 0.1) is 12.4 Å². The summed E-state index contributed by atoms with van der Waals surface area (Å²) in [5, 5.41) is 4.33. The molecule has 5 aromatic rings. The van der Waals surface area contributed by atoms with Crippen LogP contribution in [0, 0.1) is 46.3 Å². The van der Waals surface area contributed by atoms with Crippen molar-refractivity contribution in [2.45, 2.75) is 71.0 Å². The molecule has 13 nitrogen and oxygen atoms in total. The van der Waals surface area contributed by atoms with Crippen molar-refractivity contribution in [1.29, 1.82) is 0 Å². The van der Waals surface area contributed by atoms with Gasteiger partial charge in [-0.15, -0.1) is 0 Å². The summed E-state index contributed by atoms with van der Waals surface area (Å²) in [5.41, 5.74) is 6.32. The maximum atomic E-state index is 12.0. The summed E-state index contributed by atoms with van der Waals surface area (Å²) in [4.78, 5) is 62.8. The van der Waals surface area contributed by atoms with Crippen LogP contribution in [0.25, 0.3) is 5.82 Å². The van der Waals surface area contributed by atoms with Gasteiger partial charge in [0.15, 0.2) is 26.7 Å². The van der Waals surface area contributed by atoms with Crippen molar-refractivity contribution in [3.05, 3.63) is 104 Å². The first-order valence-electron chi connectivity index (χ1n) is 15.2. The summed E-state index contributed by atoms with van der Waals surface area (Å²) in [7, 11) is 0. The van der Waals surface area contributed by atoms with Crippen molar-refractivity contribution in [1.82, 2.24) is 44.7 Å². The fourth-order valence-electron chi connectivity index (χ4n) is 4.14. The zero-order valence-electron chi connectivity index (χ0n) is 28.4. The van der Waals surface area contributed by atoms with Gasteiger partial charge < -0.3 is 9.72 Å². The Bertz CT molecular complexity index is 1910. The van der Waals surface area contributed by atoms with Crippen molar-refractivity contribution < 1.29 is 14.3 Å². The first-order valence-corrected chi connectivity index (χ1v) is 17.5. The number of rotatable bonds is 10. The monoisotopic (exact) mass is 721 g/mol. The lowest BCUT2D eigenvalue weighted by Gasteiger charge is -2.03. The summed E-state index contributed by atoms with van der Waals surface area (Å²) in [6.07, 6.45) is 1.46. The third-order valence-corrected chi connectivity index (χ3v) is 7.95. The molecule has 2 N–H and O–H groups in total. The standard InChI is InChI=1S/C15H15N5OS.C12H16N2O3S.C6H8N2S/c1-10-7-11(2)18-15(17-10)22-9-12-8-14(21)20(19-12)13-5-3-4-6-16-13;1-4-17-11(16)6-10(15)7-18-12-13-8(2)5-9(3)14-12;1-4-3-5(2)8-6(9)7-4/h3-8,19H,9H2,1-2H3;5H,4,6-7H2,1-3H3;3H,1-2H3,(H,7,8,9). The molecule has 0 aliphatic rings. The van der Waals surface area contributed by atoms with E-state index in [1.807, 2.05) is 71.9 Å². The largest absolute Gasteiger partial charge is 0.466 e. The molecule has 16 heteroatoms. The normalized spacial score (nSPS) is 10.3. The summed E-state index contributed by atoms with van der Waals surface area (Å²) < 4.78 is 6.69. The first-order chi connectivity index (χ1) is 23.3. The van der Waals surface area contributed by atoms with E-state index in [0.717, 1.165) is 39.9 Å². The summed E-state index contributed by atoms with van der Waals surface area (Å²) >= 11 is 7.55. The molecule has 0 aliphatic heterocycles. The molecule has 5 rings (SSSR count). The van der Waals surface area contributed by atoms with Gasteiger partial charge in [-0.05, 0) is 91.0 Å². The Morgan fingerprint density at radius 2 is 1.43 bits per heavy atom. The van der Waals surface area contributed by atoms with Crippen LogP contribution in [0.3, 0.4) is 0 Å². The minimum absolute atomic E-state index is 0.129. The Balaban J connectivity index is 0.000000216. The van der Waals surface area contributed by atoms with Gasteiger partial charge in [0.1, 0.15) is 6.42 Å². The quantitative estimate of drug-likeness (QED) is 0.0589. The first kappa shape index (κ1) is 38.9. The number of pyridine rings is 1. The fourth-order valence-corrected chi connectivity index (χ4v) is 6.10. The Labute approximate surface area is 298 Å². The molecule has 0 radical (unpaired) electrons. The second kappa shape index (κ2) is 19.5. The van der Waals surface area contributed by atoms with Crippen LogP contribution in [-0.4, -0.2) is 68.8 Å². The van der Waals surface area contributed by atoms with Crippen molar-refractivity contribution in [3.8, 4) is 5.82 Å². The Morgan fingerprint density at radius 3 is 1.96 bits per heavy atom. The topological polar surface area (TPSA) is 174 Å². The Morgan fingerprint density at radius 1 is 0.837 bits per heavy atom. The number of esters is 1. The average Bonchev–Trinajstić information content (AvgIpc) is 3.39. The van der Waals surface area contributed by atoms with Gasteiger partial charge >= 0.3 is 5.97 Å². The van der Waals surface area contributed by atoms with Crippen molar-refractivity contribution in [3.63, 3.8) is 0 Å². The lowest BCUT2D eigenvalue weighted by molar-refractivity contribution is -0.145. The van der Waals surface area contributed by atoms with Gasteiger partial charge in [-0.1, -0.05) is 29.6 Å². The number of H-pyrrole nitrogens is 2. The third-order valence-electron chi connectivity index (χ3n) is 5.95. The molecule has 0 saturated heterocycles. The molecular formula is C33H39N9O4S3. The van der Waals surface area contributed by atoms with E-state index in [0.29, 0.717) is 33.3 Å². The van der Waals surface area contributed by atoms with Crippen molar-refractivity contribution in [2.24, 2.45) is 0 Å². The molecule has 0 unspecified atom stereocenters. The van der Waals surface area contributed by atoms with Crippen molar-refractivity contribution in [2.75, 3.05) is 12.4 Å². The number of nitrogens with zero attached hydrogens (tertiary/aromatic N) is 7. The predicted molar refractivity (Wildman–Crippen MR) is 193 cm³/mol. The minimum Gasteiger partial charge on any atom is -0.466 e. The second-order valence-electron chi connectivity index (χ2n) is 10.6. The van der Waals surface area contributed by atoms with Crippen LogP contribution in [-0.2, 0) is 20.1 Å². The Kier molecular flexibility index (Phi) is 15.4. The zero-order chi connectivity index (χ0) is 35.9. The number of aromatic nitrogens is 9. The molecule has 5 heterocycles. The van der Waals surface area contributed by atoms with E-state index in [2.05, 4.69) is 40.0 Å². The smallest absolute Gasteiger partial charge is 0.313 e. The summed E-state index contributed by atoms with van der Waals surface area (Å²) in [6.45, 7) is 13.5. The lowest BCUT2D eigenvalue weighted by Crippen LogP contribution is -2.14. The van der Waals surface area contributed by atoms with E-state index >= 15 is 0 Å². The summed E-state index contributed by atoms with van der Waals surface area (Å²) in [6, 6.07) is 12.8. The van der Waals surface area contributed by atoms with Crippen LogP contribution in [0.4, 0.5) is 0 Å². The number of Topliss-reactive ketones (excluding diaryl/α,β-unsaturated/α-hetero) is 1. The molecule has 0 atom stereocenters. The van der Waals surface area contributed by atoms with Crippen LogP contribution < -0.4 is 5.56 Å².